The molecule has 1 aromatic rings. The van der Waals surface area contributed by atoms with Crippen molar-refractivity contribution < 1.29 is 14.3 Å². The first-order valence-electron chi connectivity index (χ1n) is 6.70. The molecule has 1 atom stereocenters. The van der Waals surface area contributed by atoms with Crippen LogP contribution in [0.2, 0.25) is 0 Å². The molecule has 0 aliphatic carbocycles. The molecule has 0 bridgehead atoms. The lowest BCUT2D eigenvalue weighted by molar-refractivity contribution is -0.139. The lowest BCUT2D eigenvalue weighted by atomic mass is 9.98. The molecular formula is C14H21NO3S. The zero-order valence-corrected chi connectivity index (χ0v) is 12.4. The van der Waals surface area contributed by atoms with E-state index in [2.05, 4.69) is 18.4 Å². The summed E-state index contributed by atoms with van der Waals surface area (Å²) in [5.74, 6) is 0.0832. The molecule has 19 heavy (non-hydrogen) atoms. The summed E-state index contributed by atoms with van der Waals surface area (Å²) in [7, 11) is 1.63. The van der Waals surface area contributed by atoms with Gasteiger partial charge in [0.05, 0.1) is 19.3 Å². The van der Waals surface area contributed by atoms with Gasteiger partial charge in [0.25, 0.3) is 0 Å². The van der Waals surface area contributed by atoms with Crippen LogP contribution < -0.4 is 0 Å². The third-order valence-corrected chi connectivity index (χ3v) is 4.46. The summed E-state index contributed by atoms with van der Waals surface area (Å²) < 4.78 is 10.2. The Balaban J connectivity index is 1.95. The van der Waals surface area contributed by atoms with Crippen molar-refractivity contribution >= 4 is 17.2 Å². The van der Waals surface area contributed by atoms with Crippen molar-refractivity contribution in [2.45, 2.75) is 25.8 Å². The number of rotatable bonds is 6. The second kappa shape index (κ2) is 7.03. The zero-order chi connectivity index (χ0) is 13.7. The maximum absolute atomic E-state index is 12.2. The van der Waals surface area contributed by atoms with Crippen LogP contribution in [-0.4, -0.2) is 44.3 Å². The Labute approximate surface area is 118 Å². The molecular weight excluding hydrogens is 262 g/mol. The number of carbonyl (C=O) groups excluding carboxylic acids is 1. The highest BCUT2D eigenvalue weighted by atomic mass is 32.1. The van der Waals surface area contributed by atoms with E-state index in [1.54, 1.807) is 18.4 Å². The molecule has 1 aliphatic rings. The van der Waals surface area contributed by atoms with Crippen LogP contribution in [-0.2, 0) is 20.7 Å². The van der Waals surface area contributed by atoms with E-state index in [-0.39, 0.29) is 18.6 Å². The second-order valence-corrected chi connectivity index (χ2v) is 5.61. The highest BCUT2D eigenvalue weighted by Gasteiger charge is 2.29. The van der Waals surface area contributed by atoms with Gasteiger partial charge in [0.15, 0.2) is 0 Å². The van der Waals surface area contributed by atoms with Crippen LogP contribution >= 0.6 is 11.3 Å². The van der Waals surface area contributed by atoms with Crippen molar-refractivity contribution in [3.8, 4) is 0 Å². The lowest BCUT2D eigenvalue weighted by Gasteiger charge is -2.35. The van der Waals surface area contributed by atoms with Gasteiger partial charge in [-0.05, 0) is 29.9 Å². The Morgan fingerprint density at radius 1 is 1.53 bits per heavy atom. The molecule has 0 spiro atoms. The number of nitrogens with zero attached hydrogens (tertiary/aromatic N) is 1. The van der Waals surface area contributed by atoms with Gasteiger partial charge in [-0.2, -0.15) is 0 Å². The highest BCUT2D eigenvalue weighted by Crippen LogP contribution is 2.35. The fourth-order valence-corrected chi connectivity index (χ4v) is 3.45. The van der Waals surface area contributed by atoms with Crippen molar-refractivity contribution in [1.29, 1.82) is 0 Å². The summed E-state index contributed by atoms with van der Waals surface area (Å²) >= 11 is 1.80. The molecule has 1 amide bonds. The van der Waals surface area contributed by atoms with Crippen LogP contribution in [0.15, 0.2) is 11.4 Å². The molecule has 2 rings (SSSR count). The van der Waals surface area contributed by atoms with Gasteiger partial charge < -0.3 is 14.4 Å². The van der Waals surface area contributed by atoms with E-state index < -0.39 is 0 Å². The molecule has 0 radical (unpaired) electrons. The number of carbonyl (C=O) groups is 1. The normalized spacial score (nSPS) is 18.4. The number of hydrogen-bond acceptors (Lipinski definition) is 4. The van der Waals surface area contributed by atoms with Crippen molar-refractivity contribution in [1.82, 2.24) is 4.90 Å². The third-order valence-electron chi connectivity index (χ3n) is 3.46. The van der Waals surface area contributed by atoms with Gasteiger partial charge in [-0.3, -0.25) is 4.79 Å². The minimum atomic E-state index is 0.0832. The predicted octanol–water partition coefficient (Wildman–Crippen LogP) is 2.25. The SMILES string of the molecule is CCC1c2ccsc2CCN1C(=O)COCCOC. The first kappa shape index (κ1) is 14.5. The van der Waals surface area contributed by atoms with Gasteiger partial charge >= 0.3 is 0 Å². The Kier molecular flexibility index (Phi) is 5.36. The van der Waals surface area contributed by atoms with E-state index in [4.69, 9.17) is 9.47 Å². The molecule has 0 saturated carbocycles. The number of fused-ring (bicyclic) bond motifs is 1. The van der Waals surface area contributed by atoms with Crippen molar-refractivity contribution in [3.63, 3.8) is 0 Å². The van der Waals surface area contributed by atoms with Crippen LogP contribution in [0.1, 0.15) is 29.8 Å². The van der Waals surface area contributed by atoms with E-state index in [1.807, 2.05) is 4.90 Å². The monoisotopic (exact) mass is 283 g/mol. The van der Waals surface area contributed by atoms with Crippen molar-refractivity contribution in [2.75, 3.05) is 33.5 Å². The molecule has 2 heterocycles. The van der Waals surface area contributed by atoms with E-state index in [0.29, 0.717) is 13.2 Å². The van der Waals surface area contributed by atoms with Crippen LogP contribution in [0.25, 0.3) is 0 Å². The number of methoxy groups -OCH3 is 1. The average molecular weight is 283 g/mol. The molecule has 1 aromatic heterocycles. The molecule has 1 aliphatic heterocycles. The van der Waals surface area contributed by atoms with Gasteiger partial charge in [0.1, 0.15) is 6.61 Å². The topological polar surface area (TPSA) is 38.8 Å². The van der Waals surface area contributed by atoms with E-state index >= 15 is 0 Å². The molecule has 0 fully saturated rings. The molecule has 0 aromatic carbocycles. The summed E-state index contributed by atoms with van der Waals surface area (Å²) in [5.41, 5.74) is 1.32. The van der Waals surface area contributed by atoms with Gasteiger partial charge in [0.2, 0.25) is 5.91 Å². The summed E-state index contributed by atoms with van der Waals surface area (Å²) in [4.78, 5) is 15.6. The summed E-state index contributed by atoms with van der Waals surface area (Å²) in [6.07, 6.45) is 1.92. The van der Waals surface area contributed by atoms with E-state index in [9.17, 15) is 4.79 Å². The molecule has 106 valence electrons. The molecule has 1 unspecified atom stereocenters. The summed E-state index contributed by atoms with van der Waals surface area (Å²) in [6.45, 7) is 4.08. The summed E-state index contributed by atoms with van der Waals surface area (Å²) in [6, 6.07) is 2.37. The predicted molar refractivity (Wildman–Crippen MR) is 75.5 cm³/mol. The first-order valence-corrected chi connectivity index (χ1v) is 7.58. The maximum Gasteiger partial charge on any atom is 0.249 e. The second-order valence-electron chi connectivity index (χ2n) is 4.61. The van der Waals surface area contributed by atoms with Crippen LogP contribution in [0.4, 0.5) is 0 Å². The summed E-state index contributed by atoms with van der Waals surface area (Å²) in [5, 5.41) is 2.12. The van der Waals surface area contributed by atoms with Crippen molar-refractivity contribution in [3.05, 3.63) is 21.9 Å². The minimum absolute atomic E-state index is 0.0832. The minimum Gasteiger partial charge on any atom is -0.382 e. The smallest absolute Gasteiger partial charge is 0.249 e. The lowest BCUT2D eigenvalue weighted by Crippen LogP contribution is -2.41. The number of ether oxygens (including phenoxy) is 2. The molecule has 4 nitrogen and oxygen atoms in total. The first-order chi connectivity index (χ1) is 9.27. The zero-order valence-electron chi connectivity index (χ0n) is 11.6. The fourth-order valence-electron chi connectivity index (χ4n) is 2.52. The molecule has 0 saturated heterocycles. The number of amides is 1. The quantitative estimate of drug-likeness (QED) is 0.752. The van der Waals surface area contributed by atoms with Gasteiger partial charge in [-0.15, -0.1) is 11.3 Å². The Morgan fingerprint density at radius 3 is 3.11 bits per heavy atom. The average Bonchev–Trinajstić information content (AvgIpc) is 2.90. The van der Waals surface area contributed by atoms with Gasteiger partial charge in [0, 0.05) is 18.5 Å². The largest absolute Gasteiger partial charge is 0.382 e. The fraction of sp³-hybridized carbons (Fsp3) is 0.643. The maximum atomic E-state index is 12.2. The van der Waals surface area contributed by atoms with E-state index in [1.165, 1.54) is 10.4 Å². The number of hydrogen-bond donors (Lipinski definition) is 0. The Morgan fingerprint density at radius 2 is 2.37 bits per heavy atom. The van der Waals surface area contributed by atoms with E-state index in [0.717, 1.165) is 19.4 Å². The van der Waals surface area contributed by atoms with Crippen molar-refractivity contribution in [2.24, 2.45) is 0 Å². The van der Waals surface area contributed by atoms with Gasteiger partial charge in [-0.1, -0.05) is 6.92 Å². The molecule has 0 N–H and O–H groups in total. The van der Waals surface area contributed by atoms with Crippen LogP contribution in [0.5, 0.6) is 0 Å². The van der Waals surface area contributed by atoms with Crippen LogP contribution in [0.3, 0.4) is 0 Å². The Hall–Kier alpha value is -0.910. The molecule has 5 heteroatoms. The number of thiophene rings is 1. The highest BCUT2D eigenvalue weighted by molar-refractivity contribution is 7.10. The Bertz CT molecular complexity index is 419. The standard InChI is InChI=1S/C14H21NO3S/c1-3-12-11-5-9-19-13(11)4-6-15(12)14(16)10-18-8-7-17-2/h5,9,12H,3-4,6-8,10H2,1-2H3. The third kappa shape index (κ3) is 3.35. The van der Waals surface area contributed by atoms with Crippen LogP contribution in [0, 0.1) is 0 Å². The van der Waals surface area contributed by atoms with Gasteiger partial charge in [-0.25, -0.2) is 0 Å².